The Kier molecular flexibility index (Phi) is 5.85. The Labute approximate surface area is 152 Å². The summed E-state index contributed by atoms with van der Waals surface area (Å²) in [6.07, 6.45) is 3.62. The lowest BCUT2D eigenvalue weighted by Crippen LogP contribution is -2.39. The number of aromatic nitrogens is 3. The number of fused-ring (bicyclic) bond motifs is 1. The molecule has 0 fully saturated rings. The predicted octanol–water partition coefficient (Wildman–Crippen LogP) is 2.33. The highest BCUT2D eigenvalue weighted by atomic mass is 35.5. The van der Waals surface area contributed by atoms with Crippen LogP contribution in [0.25, 0.3) is 5.65 Å². The van der Waals surface area contributed by atoms with Gasteiger partial charge in [0.15, 0.2) is 11.6 Å². The minimum Gasteiger partial charge on any atom is -0.356 e. The molecule has 25 heavy (non-hydrogen) atoms. The zero-order chi connectivity index (χ0) is 17.5. The van der Waals surface area contributed by atoms with E-state index in [2.05, 4.69) is 31.9 Å². The minimum absolute atomic E-state index is 0.729. The van der Waals surface area contributed by atoms with E-state index in [1.54, 1.807) is 7.05 Å². The van der Waals surface area contributed by atoms with Gasteiger partial charge in [0.2, 0.25) is 0 Å². The molecule has 0 unspecified atom stereocenters. The highest BCUT2D eigenvalue weighted by Crippen LogP contribution is 2.10. The molecule has 1 aromatic carbocycles. The molecule has 0 saturated heterocycles. The molecular formula is C18H21ClN6. The van der Waals surface area contributed by atoms with E-state index in [9.17, 15) is 0 Å². The Hall–Kier alpha value is -2.60. The van der Waals surface area contributed by atoms with Crippen molar-refractivity contribution < 1.29 is 0 Å². The second kappa shape index (κ2) is 8.48. The van der Waals surface area contributed by atoms with Gasteiger partial charge in [0, 0.05) is 37.8 Å². The number of hydrogen-bond acceptors (Lipinski definition) is 3. The van der Waals surface area contributed by atoms with Gasteiger partial charge in [0.1, 0.15) is 5.82 Å². The molecule has 130 valence electrons. The lowest BCUT2D eigenvalue weighted by atomic mass is 10.1. The summed E-state index contributed by atoms with van der Waals surface area (Å²) in [5, 5.41) is 15.8. The first-order valence-electron chi connectivity index (χ1n) is 8.24. The smallest absolute Gasteiger partial charge is 0.191 e. The monoisotopic (exact) mass is 356 g/mol. The molecular weight excluding hydrogens is 336 g/mol. The molecule has 2 N–H and O–H groups in total. The fourth-order valence-electron chi connectivity index (χ4n) is 2.59. The average molecular weight is 357 g/mol. The molecule has 0 radical (unpaired) electrons. The molecule has 6 nitrogen and oxygen atoms in total. The van der Waals surface area contributed by atoms with Crippen LogP contribution in [0.15, 0.2) is 53.7 Å². The topological polar surface area (TPSA) is 66.6 Å². The standard InChI is InChI=1S/C18H21ClN6/c1-20-18(21-10-8-14-5-4-6-15(19)13-14)22-11-9-17-24-23-16-7-2-3-12-25(16)17/h2-7,12-13H,8-11H2,1H3,(H2,20,21,22). The number of hydrogen-bond donors (Lipinski definition) is 2. The van der Waals surface area contributed by atoms with E-state index in [4.69, 9.17) is 11.6 Å². The second-order valence-electron chi connectivity index (χ2n) is 5.60. The van der Waals surface area contributed by atoms with Crippen molar-refractivity contribution in [1.82, 2.24) is 25.2 Å². The van der Waals surface area contributed by atoms with Crippen molar-refractivity contribution in [3.63, 3.8) is 0 Å². The molecule has 0 aliphatic heterocycles. The molecule has 2 aromatic heterocycles. The maximum atomic E-state index is 6.00. The van der Waals surface area contributed by atoms with Crippen molar-refractivity contribution in [3.8, 4) is 0 Å². The van der Waals surface area contributed by atoms with E-state index < -0.39 is 0 Å². The summed E-state index contributed by atoms with van der Waals surface area (Å²) in [5.41, 5.74) is 2.06. The van der Waals surface area contributed by atoms with Gasteiger partial charge in [-0.3, -0.25) is 9.39 Å². The van der Waals surface area contributed by atoms with E-state index in [1.807, 2.05) is 47.0 Å². The van der Waals surface area contributed by atoms with Gasteiger partial charge in [-0.2, -0.15) is 0 Å². The van der Waals surface area contributed by atoms with Crippen LogP contribution in [0.2, 0.25) is 5.02 Å². The summed E-state index contributed by atoms with van der Waals surface area (Å²) in [7, 11) is 1.77. The molecule has 0 aliphatic carbocycles. The van der Waals surface area contributed by atoms with Gasteiger partial charge >= 0.3 is 0 Å². The first-order valence-corrected chi connectivity index (χ1v) is 8.61. The molecule has 3 aromatic rings. The highest BCUT2D eigenvalue weighted by molar-refractivity contribution is 6.30. The molecule has 3 rings (SSSR count). The average Bonchev–Trinajstić information content (AvgIpc) is 3.04. The Morgan fingerprint density at radius 1 is 1.08 bits per heavy atom. The fourth-order valence-corrected chi connectivity index (χ4v) is 2.81. The highest BCUT2D eigenvalue weighted by Gasteiger charge is 2.05. The molecule has 0 bridgehead atoms. The third-order valence-corrected chi connectivity index (χ3v) is 4.08. The maximum Gasteiger partial charge on any atom is 0.191 e. The van der Waals surface area contributed by atoms with E-state index in [0.717, 1.165) is 48.4 Å². The summed E-state index contributed by atoms with van der Waals surface area (Å²) in [6, 6.07) is 13.8. The van der Waals surface area contributed by atoms with Crippen molar-refractivity contribution in [2.45, 2.75) is 12.8 Å². The SMILES string of the molecule is CN=C(NCCc1cccc(Cl)c1)NCCc1nnc2ccccn12. The van der Waals surface area contributed by atoms with E-state index in [-0.39, 0.29) is 0 Å². The third-order valence-electron chi connectivity index (χ3n) is 3.84. The van der Waals surface area contributed by atoms with Crippen LogP contribution in [-0.4, -0.2) is 40.7 Å². The fraction of sp³-hybridized carbons (Fsp3) is 0.278. The van der Waals surface area contributed by atoms with Gasteiger partial charge < -0.3 is 10.6 Å². The number of halogens is 1. The number of guanidine groups is 1. The van der Waals surface area contributed by atoms with Crippen molar-refractivity contribution in [1.29, 1.82) is 0 Å². The Morgan fingerprint density at radius 3 is 2.72 bits per heavy atom. The van der Waals surface area contributed by atoms with E-state index in [1.165, 1.54) is 5.56 Å². The van der Waals surface area contributed by atoms with Gasteiger partial charge in [-0.1, -0.05) is 29.8 Å². The third kappa shape index (κ3) is 4.70. The number of nitrogens with one attached hydrogen (secondary N) is 2. The maximum absolute atomic E-state index is 6.00. The summed E-state index contributed by atoms with van der Waals surface area (Å²) in [5.74, 6) is 1.70. The normalized spacial score (nSPS) is 11.7. The molecule has 0 atom stereocenters. The van der Waals surface area contributed by atoms with Crippen LogP contribution < -0.4 is 10.6 Å². The lowest BCUT2D eigenvalue weighted by molar-refractivity contribution is 0.756. The summed E-state index contributed by atoms with van der Waals surface area (Å²) >= 11 is 6.00. The van der Waals surface area contributed by atoms with Crippen LogP contribution in [-0.2, 0) is 12.8 Å². The lowest BCUT2D eigenvalue weighted by Gasteiger charge is -2.11. The predicted molar refractivity (Wildman–Crippen MR) is 101 cm³/mol. The zero-order valence-corrected chi connectivity index (χ0v) is 14.9. The Balaban J connectivity index is 1.45. The van der Waals surface area contributed by atoms with E-state index >= 15 is 0 Å². The summed E-state index contributed by atoms with van der Waals surface area (Å²) in [6.45, 7) is 1.51. The first kappa shape index (κ1) is 17.2. The van der Waals surface area contributed by atoms with E-state index in [0.29, 0.717) is 0 Å². The van der Waals surface area contributed by atoms with Gasteiger partial charge in [0.25, 0.3) is 0 Å². The van der Waals surface area contributed by atoms with Crippen LogP contribution in [0.1, 0.15) is 11.4 Å². The van der Waals surface area contributed by atoms with Crippen molar-refractivity contribution in [2.24, 2.45) is 4.99 Å². The Bertz CT molecular complexity index is 857. The molecule has 2 heterocycles. The number of aliphatic imine (C=N–C) groups is 1. The summed E-state index contributed by atoms with van der Waals surface area (Å²) < 4.78 is 2.00. The van der Waals surface area contributed by atoms with Gasteiger partial charge in [-0.05, 0) is 36.2 Å². The number of rotatable bonds is 6. The van der Waals surface area contributed by atoms with Crippen molar-refractivity contribution in [3.05, 3.63) is 65.1 Å². The summed E-state index contributed by atoms with van der Waals surface area (Å²) in [4.78, 5) is 4.24. The molecule has 7 heteroatoms. The van der Waals surface area contributed by atoms with Crippen LogP contribution in [0, 0.1) is 0 Å². The molecule has 0 amide bonds. The van der Waals surface area contributed by atoms with Gasteiger partial charge in [-0.25, -0.2) is 0 Å². The largest absolute Gasteiger partial charge is 0.356 e. The van der Waals surface area contributed by atoms with Crippen LogP contribution in [0.5, 0.6) is 0 Å². The van der Waals surface area contributed by atoms with Crippen molar-refractivity contribution in [2.75, 3.05) is 20.1 Å². The van der Waals surface area contributed by atoms with Crippen molar-refractivity contribution >= 4 is 23.2 Å². The van der Waals surface area contributed by atoms with Gasteiger partial charge in [-0.15, -0.1) is 10.2 Å². The molecule has 0 spiro atoms. The number of nitrogens with zero attached hydrogens (tertiary/aromatic N) is 4. The number of pyridine rings is 1. The van der Waals surface area contributed by atoms with Crippen LogP contribution in [0.4, 0.5) is 0 Å². The van der Waals surface area contributed by atoms with Gasteiger partial charge in [0.05, 0.1) is 0 Å². The second-order valence-corrected chi connectivity index (χ2v) is 6.04. The zero-order valence-electron chi connectivity index (χ0n) is 14.1. The van der Waals surface area contributed by atoms with Crippen LogP contribution in [0.3, 0.4) is 0 Å². The Morgan fingerprint density at radius 2 is 1.92 bits per heavy atom. The first-order chi connectivity index (χ1) is 12.3. The quantitative estimate of drug-likeness (QED) is 0.525. The molecule has 0 saturated carbocycles. The molecule has 0 aliphatic rings. The minimum atomic E-state index is 0.729. The van der Waals surface area contributed by atoms with Crippen LogP contribution >= 0.6 is 11.6 Å². The number of benzene rings is 1.